The Bertz CT molecular complexity index is 993. The van der Waals surface area contributed by atoms with Crippen LogP contribution < -0.4 is 20.1 Å². The third-order valence-corrected chi connectivity index (χ3v) is 6.58. The van der Waals surface area contributed by atoms with Crippen LogP contribution in [0.4, 0.5) is 0 Å². The van der Waals surface area contributed by atoms with Gasteiger partial charge in [-0.1, -0.05) is 49.9 Å². The van der Waals surface area contributed by atoms with E-state index in [1.165, 1.54) is 0 Å². The number of hydrogen-bond donors (Lipinski definition) is 2. The maximum absolute atomic E-state index is 11.8. The van der Waals surface area contributed by atoms with Gasteiger partial charge in [-0.2, -0.15) is 0 Å². The van der Waals surface area contributed by atoms with E-state index < -0.39 is 11.8 Å². The first-order valence-electron chi connectivity index (χ1n) is 12.6. The second-order valence-corrected chi connectivity index (χ2v) is 9.29. The van der Waals surface area contributed by atoms with Crippen molar-refractivity contribution >= 4 is 23.6 Å². The zero-order valence-corrected chi connectivity index (χ0v) is 20.3. The Morgan fingerprint density at radius 1 is 0.556 bits per heavy atom. The molecule has 2 aliphatic heterocycles. The molecule has 2 saturated heterocycles. The van der Waals surface area contributed by atoms with Crippen LogP contribution in [0.2, 0.25) is 0 Å². The molecule has 0 aromatic heterocycles. The molecule has 2 N–H and O–H groups in total. The van der Waals surface area contributed by atoms with E-state index in [1.54, 1.807) is 0 Å². The summed E-state index contributed by atoms with van der Waals surface area (Å²) in [7, 11) is 0. The summed E-state index contributed by atoms with van der Waals surface area (Å²) in [5.74, 6) is -0.147. The van der Waals surface area contributed by atoms with Crippen molar-refractivity contribution in [3.05, 3.63) is 59.7 Å². The molecule has 0 saturated carbocycles. The minimum absolute atomic E-state index is 0.212. The van der Waals surface area contributed by atoms with E-state index in [-0.39, 0.29) is 36.5 Å². The topological polar surface area (TPSA) is 111 Å². The smallest absolute Gasteiger partial charge is 0.234 e. The fourth-order valence-electron chi connectivity index (χ4n) is 4.53. The summed E-state index contributed by atoms with van der Waals surface area (Å²) < 4.78 is 11.6. The molecule has 8 nitrogen and oxygen atoms in total. The number of carbonyl (C=O) groups excluding carboxylic acids is 4. The quantitative estimate of drug-likeness (QED) is 0.326. The molecule has 190 valence electrons. The molecule has 0 radical (unpaired) electrons. The van der Waals surface area contributed by atoms with Gasteiger partial charge in [0, 0.05) is 12.8 Å². The van der Waals surface area contributed by atoms with Crippen molar-refractivity contribution in [1.82, 2.24) is 10.6 Å². The molecule has 0 unspecified atom stereocenters. The van der Waals surface area contributed by atoms with E-state index >= 15 is 0 Å². The highest BCUT2D eigenvalue weighted by Crippen LogP contribution is 2.27. The van der Waals surface area contributed by atoms with Crippen LogP contribution in [0.3, 0.4) is 0 Å². The molecular weight excluding hydrogens is 460 g/mol. The number of unbranched alkanes of at least 4 members (excludes halogenated alkanes) is 5. The summed E-state index contributed by atoms with van der Waals surface area (Å²) in [6, 6.07) is 14.8. The average molecular weight is 493 g/mol. The predicted molar refractivity (Wildman–Crippen MR) is 133 cm³/mol. The van der Waals surface area contributed by atoms with E-state index in [9.17, 15) is 19.2 Å². The van der Waals surface area contributed by atoms with Crippen molar-refractivity contribution in [2.24, 2.45) is 0 Å². The second kappa shape index (κ2) is 12.3. The van der Waals surface area contributed by atoms with E-state index in [1.807, 2.05) is 48.5 Å². The summed E-state index contributed by atoms with van der Waals surface area (Å²) in [6.07, 6.45) is 6.87. The summed E-state index contributed by atoms with van der Waals surface area (Å²) in [4.78, 5) is 46.2. The molecule has 0 aliphatic carbocycles. The lowest BCUT2D eigenvalue weighted by molar-refractivity contribution is -0.126. The lowest BCUT2D eigenvalue weighted by Gasteiger charge is -2.10. The van der Waals surface area contributed by atoms with Gasteiger partial charge in [-0.3, -0.25) is 29.8 Å². The van der Waals surface area contributed by atoms with Gasteiger partial charge < -0.3 is 9.47 Å². The largest absolute Gasteiger partial charge is 0.494 e. The molecule has 2 heterocycles. The third kappa shape index (κ3) is 6.93. The van der Waals surface area contributed by atoms with Gasteiger partial charge in [0.25, 0.3) is 0 Å². The Balaban J connectivity index is 1.02. The summed E-state index contributed by atoms with van der Waals surface area (Å²) in [5.41, 5.74) is 1.67. The summed E-state index contributed by atoms with van der Waals surface area (Å²) >= 11 is 0. The minimum atomic E-state index is -0.392. The van der Waals surface area contributed by atoms with Crippen molar-refractivity contribution in [1.29, 1.82) is 0 Å². The summed E-state index contributed by atoms with van der Waals surface area (Å²) in [6.45, 7) is 1.30. The van der Waals surface area contributed by atoms with E-state index in [2.05, 4.69) is 10.6 Å². The van der Waals surface area contributed by atoms with Crippen molar-refractivity contribution < 1.29 is 28.7 Å². The van der Waals surface area contributed by atoms with Crippen LogP contribution in [-0.4, -0.2) is 36.8 Å². The van der Waals surface area contributed by atoms with Crippen LogP contribution in [0.15, 0.2) is 48.5 Å². The Morgan fingerprint density at radius 3 is 1.25 bits per heavy atom. The maximum Gasteiger partial charge on any atom is 0.234 e. The zero-order valence-electron chi connectivity index (χ0n) is 20.3. The molecule has 4 rings (SSSR count). The second-order valence-electron chi connectivity index (χ2n) is 9.29. The van der Waals surface area contributed by atoms with E-state index in [4.69, 9.17) is 9.47 Å². The van der Waals surface area contributed by atoms with Crippen LogP contribution >= 0.6 is 0 Å². The third-order valence-electron chi connectivity index (χ3n) is 6.58. The number of imide groups is 2. The lowest BCUT2D eigenvalue weighted by Crippen LogP contribution is -2.21. The molecule has 2 atom stereocenters. The number of amides is 4. The minimum Gasteiger partial charge on any atom is -0.494 e. The van der Waals surface area contributed by atoms with Gasteiger partial charge in [0.2, 0.25) is 23.6 Å². The number of rotatable bonds is 13. The predicted octanol–water partition coefficient (Wildman–Crippen LogP) is 3.75. The van der Waals surface area contributed by atoms with Crippen LogP contribution in [0.1, 0.15) is 74.3 Å². The Kier molecular flexibility index (Phi) is 8.71. The molecular formula is C28H32N2O6. The SMILES string of the molecule is O=C1C[C@@H](c2ccc(OCCCCCCCCOc3ccc([C@@H]4CC(=O)NC4=O)cc3)cc2)C(=O)N1. The van der Waals surface area contributed by atoms with Gasteiger partial charge in [-0.25, -0.2) is 0 Å². The fourth-order valence-corrected chi connectivity index (χ4v) is 4.53. The number of carbonyl (C=O) groups is 4. The Morgan fingerprint density at radius 2 is 0.917 bits per heavy atom. The molecule has 2 aromatic rings. The first-order valence-corrected chi connectivity index (χ1v) is 12.6. The lowest BCUT2D eigenvalue weighted by atomic mass is 9.98. The van der Waals surface area contributed by atoms with Gasteiger partial charge in [0.05, 0.1) is 25.0 Å². The van der Waals surface area contributed by atoms with Crippen molar-refractivity contribution in [3.63, 3.8) is 0 Å². The molecule has 4 amide bonds. The van der Waals surface area contributed by atoms with E-state index in [0.29, 0.717) is 13.2 Å². The van der Waals surface area contributed by atoms with Crippen LogP contribution in [-0.2, 0) is 19.2 Å². The van der Waals surface area contributed by atoms with Gasteiger partial charge in [0.15, 0.2) is 0 Å². The standard InChI is InChI=1S/C28H32N2O6/c31-25-17-23(27(33)29-25)19-7-11-21(12-8-19)35-15-5-3-1-2-4-6-16-36-22-13-9-20(10-14-22)24-18-26(32)30-28(24)34/h7-14,23-24H,1-6,15-18H2,(H,29,31,33)(H,30,32,34)/t23-,24-/m0/s1. The van der Waals surface area contributed by atoms with Gasteiger partial charge >= 0.3 is 0 Å². The van der Waals surface area contributed by atoms with Crippen molar-refractivity contribution in [3.8, 4) is 11.5 Å². The molecule has 2 aromatic carbocycles. The van der Waals surface area contributed by atoms with Crippen molar-refractivity contribution in [2.75, 3.05) is 13.2 Å². The monoisotopic (exact) mass is 492 g/mol. The molecule has 36 heavy (non-hydrogen) atoms. The number of ether oxygens (including phenoxy) is 2. The van der Waals surface area contributed by atoms with Crippen LogP contribution in [0.25, 0.3) is 0 Å². The van der Waals surface area contributed by atoms with Crippen LogP contribution in [0, 0.1) is 0 Å². The molecule has 2 aliphatic rings. The van der Waals surface area contributed by atoms with Gasteiger partial charge in [0.1, 0.15) is 11.5 Å². The summed E-state index contributed by atoms with van der Waals surface area (Å²) in [5, 5.41) is 4.67. The first kappa shape index (κ1) is 25.4. The number of nitrogens with one attached hydrogen (secondary N) is 2. The van der Waals surface area contributed by atoms with Crippen LogP contribution in [0.5, 0.6) is 11.5 Å². The molecule has 8 heteroatoms. The number of hydrogen-bond acceptors (Lipinski definition) is 6. The van der Waals surface area contributed by atoms with Gasteiger partial charge in [-0.05, 0) is 48.2 Å². The van der Waals surface area contributed by atoms with Gasteiger partial charge in [-0.15, -0.1) is 0 Å². The molecule has 0 spiro atoms. The molecule has 0 bridgehead atoms. The fraction of sp³-hybridized carbons (Fsp3) is 0.429. The van der Waals surface area contributed by atoms with E-state index in [0.717, 1.165) is 61.2 Å². The average Bonchev–Trinajstić information content (AvgIpc) is 3.40. The first-order chi connectivity index (χ1) is 17.5. The molecule has 2 fully saturated rings. The Labute approximate surface area is 210 Å². The zero-order chi connectivity index (χ0) is 25.3. The number of benzene rings is 2. The Hall–Kier alpha value is -3.68. The maximum atomic E-state index is 11.8. The normalized spacial score (nSPS) is 19.3. The highest BCUT2D eigenvalue weighted by molar-refractivity contribution is 6.06. The highest BCUT2D eigenvalue weighted by Gasteiger charge is 2.32. The van der Waals surface area contributed by atoms with Crippen molar-refractivity contribution in [2.45, 2.75) is 63.2 Å². The highest BCUT2D eigenvalue weighted by atomic mass is 16.5.